The third kappa shape index (κ3) is 3.10. The number of hydrogen-bond donors (Lipinski definition) is 2. The zero-order chi connectivity index (χ0) is 16.5. The van der Waals surface area contributed by atoms with E-state index in [1.807, 2.05) is 6.92 Å². The van der Waals surface area contributed by atoms with Crippen molar-refractivity contribution in [2.24, 2.45) is 5.92 Å². The second-order valence-corrected chi connectivity index (χ2v) is 5.97. The van der Waals surface area contributed by atoms with Crippen LogP contribution in [-0.4, -0.2) is 22.5 Å². The smallest absolute Gasteiger partial charge is 0.329 e. The maximum Gasteiger partial charge on any atom is 0.329 e. The molecule has 1 fully saturated rings. The molecule has 4 nitrogen and oxygen atoms in total. The lowest BCUT2D eigenvalue weighted by Gasteiger charge is -2.25. The number of nitrogens with one attached hydrogen (secondary N) is 1. The van der Waals surface area contributed by atoms with Crippen molar-refractivity contribution in [3.05, 3.63) is 35.4 Å². The number of carboxylic acid groups (broad SMARTS) is 1. The van der Waals surface area contributed by atoms with Gasteiger partial charge in [0.2, 0.25) is 5.91 Å². The van der Waals surface area contributed by atoms with Gasteiger partial charge in [-0.1, -0.05) is 25.5 Å². The van der Waals surface area contributed by atoms with Crippen LogP contribution in [0.25, 0.3) is 0 Å². The van der Waals surface area contributed by atoms with Gasteiger partial charge in [-0.3, -0.25) is 4.79 Å². The number of hydrogen-bond acceptors (Lipinski definition) is 2. The Labute approximate surface area is 127 Å². The lowest BCUT2D eigenvalue weighted by atomic mass is 9.96. The Bertz CT molecular complexity index is 605. The summed E-state index contributed by atoms with van der Waals surface area (Å²) in [6.07, 6.45) is 1.31. The number of rotatable bonds is 6. The van der Waals surface area contributed by atoms with E-state index in [-0.39, 0.29) is 5.56 Å². The van der Waals surface area contributed by atoms with E-state index in [1.54, 1.807) is 0 Å². The molecule has 1 aliphatic carbocycles. The van der Waals surface area contributed by atoms with E-state index in [0.717, 1.165) is 6.07 Å². The van der Waals surface area contributed by atoms with Gasteiger partial charge in [0, 0.05) is 5.92 Å². The Morgan fingerprint density at radius 2 is 2.09 bits per heavy atom. The summed E-state index contributed by atoms with van der Waals surface area (Å²) >= 11 is 0. The van der Waals surface area contributed by atoms with Crippen LogP contribution in [0.3, 0.4) is 0 Å². The molecule has 2 N–H and O–H groups in total. The standard InChI is InChI=1S/C16H19F2NO3/c1-3-7-16(2,15(21)22)19-14(20)11-8-10(11)9-5-4-6-12(17)13(9)18/h4-6,10-11H,3,7-8H2,1-2H3,(H,19,20)(H,21,22). The van der Waals surface area contributed by atoms with E-state index in [1.165, 1.54) is 19.1 Å². The number of carboxylic acids is 1. The molecular weight excluding hydrogens is 292 g/mol. The van der Waals surface area contributed by atoms with Gasteiger partial charge in [0.15, 0.2) is 11.6 Å². The molecule has 22 heavy (non-hydrogen) atoms. The highest BCUT2D eigenvalue weighted by molar-refractivity contribution is 5.89. The molecule has 0 spiro atoms. The molecule has 0 saturated heterocycles. The molecule has 1 saturated carbocycles. The van der Waals surface area contributed by atoms with Gasteiger partial charge in [-0.2, -0.15) is 0 Å². The van der Waals surface area contributed by atoms with Crippen molar-refractivity contribution in [3.8, 4) is 0 Å². The molecule has 0 aliphatic heterocycles. The maximum absolute atomic E-state index is 13.7. The predicted molar refractivity (Wildman–Crippen MR) is 76.3 cm³/mol. The minimum atomic E-state index is -1.33. The van der Waals surface area contributed by atoms with Crippen LogP contribution in [0, 0.1) is 17.6 Å². The summed E-state index contributed by atoms with van der Waals surface area (Å²) < 4.78 is 26.9. The van der Waals surface area contributed by atoms with Gasteiger partial charge in [0.1, 0.15) is 5.54 Å². The van der Waals surface area contributed by atoms with Crippen LogP contribution >= 0.6 is 0 Å². The normalized spacial score (nSPS) is 22.7. The maximum atomic E-state index is 13.7. The molecule has 6 heteroatoms. The summed E-state index contributed by atoms with van der Waals surface area (Å²) in [6.45, 7) is 3.28. The van der Waals surface area contributed by atoms with Gasteiger partial charge >= 0.3 is 5.97 Å². The zero-order valence-corrected chi connectivity index (χ0v) is 12.5. The van der Waals surface area contributed by atoms with Crippen LogP contribution in [0.1, 0.15) is 44.6 Å². The molecule has 120 valence electrons. The average Bonchev–Trinajstić information content (AvgIpc) is 3.22. The summed E-state index contributed by atoms with van der Waals surface area (Å²) in [5.41, 5.74) is -1.16. The summed E-state index contributed by atoms with van der Waals surface area (Å²) in [5.74, 6) is -4.30. The first-order chi connectivity index (χ1) is 10.3. The van der Waals surface area contributed by atoms with Crippen molar-refractivity contribution in [1.29, 1.82) is 0 Å². The third-order valence-electron chi connectivity index (χ3n) is 4.13. The topological polar surface area (TPSA) is 66.4 Å². The molecule has 1 aromatic rings. The van der Waals surface area contributed by atoms with Gasteiger partial charge in [0.05, 0.1) is 0 Å². The van der Waals surface area contributed by atoms with E-state index in [9.17, 15) is 23.5 Å². The van der Waals surface area contributed by atoms with Crippen molar-refractivity contribution in [2.75, 3.05) is 0 Å². The van der Waals surface area contributed by atoms with Crippen LogP contribution in [-0.2, 0) is 9.59 Å². The number of carbonyl (C=O) groups is 2. The number of benzene rings is 1. The van der Waals surface area contributed by atoms with E-state index in [0.29, 0.717) is 19.3 Å². The highest BCUT2D eigenvalue weighted by atomic mass is 19.2. The van der Waals surface area contributed by atoms with Crippen LogP contribution in [0.15, 0.2) is 18.2 Å². The van der Waals surface area contributed by atoms with Gasteiger partial charge < -0.3 is 10.4 Å². The summed E-state index contributed by atoms with van der Waals surface area (Å²) in [5, 5.41) is 11.8. The molecule has 2 rings (SSSR count). The average molecular weight is 311 g/mol. The van der Waals surface area contributed by atoms with Crippen molar-refractivity contribution in [3.63, 3.8) is 0 Å². The second kappa shape index (κ2) is 6.02. The monoisotopic (exact) mass is 311 g/mol. The fourth-order valence-electron chi connectivity index (χ4n) is 2.72. The Balaban J connectivity index is 2.07. The highest BCUT2D eigenvalue weighted by Crippen LogP contribution is 2.48. The Kier molecular flexibility index (Phi) is 4.49. The Morgan fingerprint density at radius 1 is 1.41 bits per heavy atom. The van der Waals surface area contributed by atoms with Gasteiger partial charge in [-0.05, 0) is 37.3 Å². The summed E-state index contributed by atoms with van der Waals surface area (Å²) in [6, 6.07) is 3.89. The first-order valence-electron chi connectivity index (χ1n) is 7.29. The van der Waals surface area contributed by atoms with Gasteiger partial charge in [-0.15, -0.1) is 0 Å². The fraction of sp³-hybridized carbons (Fsp3) is 0.500. The zero-order valence-electron chi connectivity index (χ0n) is 12.5. The quantitative estimate of drug-likeness (QED) is 0.849. The lowest BCUT2D eigenvalue weighted by Crippen LogP contribution is -2.52. The van der Waals surface area contributed by atoms with Crippen molar-refractivity contribution >= 4 is 11.9 Å². The minimum absolute atomic E-state index is 0.174. The number of amides is 1. The predicted octanol–water partition coefficient (Wildman–Crippen LogP) is 2.83. The SMILES string of the molecule is CCCC(C)(NC(=O)C1CC1c1cccc(F)c1F)C(=O)O. The van der Waals surface area contributed by atoms with Crippen LogP contribution in [0.4, 0.5) is 8.78 Å². The molecular formula is C16H19F2NO3. The molecule has 1 aromatic carbocycles. The third-order valence-corrected chi connectivity index (χ3v) is 4.13. The number of carbonyl (C=O) groups excluding carboxylic acids is 1. The van der Waals surface area contributed by atoms with Crippen molar-refractivity contribution in [2.45, 2.75) is 44.6 Å². The molecule has 0 bridgehead atoms. The summed E-state index contributed by atoms with van der Waals surface area (Å²) in [4.78, 5) is 23.5. The highest BCUT2D eigenvalue weighted by Gasteiger charge is 2.48. The second-order valence-electron chi connectivity index (χ2n) is 5.97. The first kappa shape index (κ1) is 16.4. The molecule has 3 atom stereocenters. The molecule has 0 radical (unpaired) electrons. The molecule has 0 heterocycles. The lowest BCUT2D eigenvalue weighted by molar-refractivity contribution is -0.147. The Morgan fingerprint density at radius 3 is 2.68 bits per heavy atom. The Hall–Kier alpha value is -1.98. The largest absolute Gasteiger partial charge is 0.480 e. The van der Waals surface area contributed by atoms with Crippen LogP contribution in [0.2, 0.25) is 0 Å². The summed E-state index contributed by atoms with van der Waals surface area (Å²) in [7, 11) is 0. The fourth-order valence-corrected chi connectivity index (χ4v) is 2.72. The van der Waals surface area contributed by atoms with Crippen LogP contribution in [0.5, 0.6) is 0 Å². The van der Waals surface area contributed by atoms with E-state index in [2.05, 4.69) is 5.32 Å². The van der Waals surface area contributed by atoms with E-state index < -0.39 is 40.9 Å². The van der Waals surface area contributed by atoms with E-state index in [4.69, 9.17) is 0 Å². The number of aliphatic carboxylic acids is 1. The van der Waals surface area contributed by atoms with Gasteiger partial charge in [-0.25, -0.2) is 13.6 Å². The minimum Gasteiger partial charge on any atom is -0.480 e. The molecule has 1 amide bonds. The molecule has 3 unspecified atom stereocenters. The van der Waals surface area contributed by atoms with Crippen LogP contribution < -0.4 is 5.32 Å². The van der Waals surface area contributed by atoms with Crippen molar-refractivity contribution in [1.82, 2.24) is 5.32 Å². The van der Waals surface area contributed by atoms with E-state index >= 15 is 0 Å². The first-order valence-corrected chi connectivity index (χ1v) is 7.29. The molecule has 1 aliphatic rings. The molecule has 0 aromatic heterocycles. The van der Waals surface area contributed by atoms with Crippen molar-refractivity contribution < 1.29 is 23.5 Å². The van der Waals surface area contributed by atoms with Gasteiger partial charge in [0.25, 0.3) is 0 Å². The number of halogens is 2.